The number of aryl methyl sites for hydroxylation is 1. The van der Waals surface area contributed by atoms with Crippen molar-refractivity contribution in [2.75, 3.05) is 17.7 Å². The number of nitrogens with two attached hydrogens (primary N) is 1. The Balaban J connectivity index is 3.05. The molecule has 1 rings (SSSR count). The van der Waals surface area contributed by atoms with Crippen LogP contribution in [0.1, 0.15) is 26.0 Å². The number of rotatable bonds is 4. The van der Waals surface area contributed by atoms with Gasteiger partial charge >= 0.3 is 0 Å². The van der Waals surface area contributed by atoms with Crippen LogP contribution in [0.5, 0.6) is 0 Å². The maximum atomic E-state index is 9.30. The van der Waals surface area contributed by atoms with Crippen LogP contribution in [0.25, 0.3) is 0 Å². The van der Waals surface area contributed by atoms with Crippen LogP contribution in [0.2, 0.25) is 5.28 Å². The fourth-order valence-corrected chi connectivity index (χ4v) is 1.38. The molecule has 0 aliphatic rings. The number of aromatic nitrogens is 2. The lowest BCUT2D eigenvalue weighted by atomic mass is 10.0. The van der Waals surface area contributed by atoms with Gasteiger partial charge in [0.1, 0.15) is 0 Å². The van der Waals surface area contributed by atoms with Crippen LogP contribution in [0.15, 0.2) is 0 Å². The van der Waals surface area contributed by atoms with Crippen molar-refractivity contribution in [1.82, 2.24) is 9.97 Å². The van der Waals surface area contributed by atoms with Crippen LogP contribution in [-0.4, -0.2) is 27.2 Å². The molecular formula is C10H17ClN4O. The van der Waals surface area contributed by atoms with Crippen LogP contribution in [0, 0.1) is 6.92 Å². The number of aliphatic hydroxyl groups excluding tert-OH is 1. The molecule has 1 atom stereocenters. The first-order valence-electron chi connectivity index (χ1n) is 5.10. The van der Waals surface area contributed by atoms with Crippen LogP contribution in [0.4, 0.5) is 11.5 Å². The van der Waals surface area contributed by atoms with Crippen molar-refractivity contribution >= 4 is 23.1 Å². The molecule has 0 amide bonds. The molecule has 0 bridgehead atoms. The summed E-state index contributed by atoms with van der Waals surface area (Å²) in [4.78, 5) is 7.96. The van der Waals surface area contributed by atoms with E-state index in [9.17, 15) is 5.11 Å². The van der Waals surface area contributed by atoms with E-state index >= 15 is 0 Å². The Morgan fingerprint density at radius 3 is 2.62 bits per heavy atom. The van der Waals surface area contributed by atoms with Gasteiger partial charge in [-0.3, -0.25) is 0 Å². The summed E-state index contributed by atoms with van der Waals surface area (Å²) in [7, 11) is 0. The Labute approximate surface area is 100 Å². The van der Waals surface area contributed by atoms with E-state index in [1.54, 1.807) is 6.92 Å². The van der Waals surface area contributed by atoms with Crippen molar-refractivity contribution in [1.29, 1.82) is 0 Å². The molecular weight excluding hydrogens is 228 g/mol. The lowest BCUT2D eigenvalue weighted by Gasteiger charge is -2.28. The maximum absolute atomic E-state index is 9.30. The van der Waals surface area contributed by atoms with Gasteiger partial charge in [-0.25, -0.2) is 4.98 Å². The summed E-state index contributed by atoms with van der Waals surface area (Å²) in [5.74, 6) is 0.468. The summed E-state index contributed by atoms with van der Waals surface area (Å²) in [6.07, 6.45) is 0.740. The van der Waals surface area contributed by atoms with Gasteiger partial charge in [-0.2, -0.15) is 4.98 Å². The molecule has 0 aliphatic heterocycles. The van der Waals surface area contributed by atoms with Crippen molar-refractivity contribution in [3.63, 3.8) is 0 Å². The number of hydrogen-bond acceptors (Lipinski definition) is 5. The van der Waals surface area contributed by atoms with E-state index in [4.69, 9.17) is 17.3 Å². The lowest BCUT2D eigenvalue weighted by Crippen LogP contribution is -2.38. The third-order valence-corrected chi connectivity index (χ3v) is 2.83. The SMILES string of the molecule is CCC(C)(CO)Nc1nc(Cl)nc(C)c1N. The number of aliphatic hydroxyl groups is 1. The zero-order chi connectivity index (χ0) is 12.3. The number of nitrogens with zero attached hydrogens (tertiary/aromatic N) is 2. The summed E-state index contributed by atoms with van der Waals surface area (Å²) in [6, 6.07) is 0. The highest BCUT2D eigenvalue weighted by Gasteiger charge is 2.22. The minimum atomic E-state index is -0.460. The molecule has 6 heteroatoms. The van der Waals surface area contributed by atoms with Crippen molar-refractivity contribution in [3.8, 4) is 0 Å². The second-order valence-electron chi connectivity index (χ2n) is 4.04. The largest absolute Gasteiger partial charge is 0.394 e. The van der Waals surface area contributed by atoms with Gasteiger partial charge in [0.2, 0.25) is 5.28 Å². The van der Waals surface area contributed by atoms with Gasteiger partial charge in [-0.15, -0.1) is 0 Å². The van der Waals surface area contributed by atoms with Gasteiger partial charge in [0.15, 0.2) is 5.82 Å². The van der Waals surface area contributed by atoms with Crippen LogP contribution >= 0.6 is 11.6 Å². The first kappa shape index (κ1) is 13.0. The van der Waals surface area contributed by atoms with E-state index in [2.05, 4.69) is 15.3 Å². The molecule has 0 aromatic carbocycles. The van der Waals surface area contributed by atoms with E-state index in [-0.39, 0.29) is 11.9 Å². The normalized spacial score (nSPS) is 14.6. The van der Waals surface area contributed by atoms with Gasteiger partial charge in [-0.05, 0) is 31.9 Å². The van der Waals surface area contributed by atoms with Gasteiger partial charge in [-0.1, -0.05) is 6.92 Å². The molecule has 90 valence electrons. The second-order valence-corrected chi connectivity index (χ2v) is 4.38. The summed E-state index contributed by atoms with van der Waals surface area (Å²) in [6.45, 7) is 5.60. The van der Waals surface area contributed by atoms with E-state index in [1.165, 1.54) is 0 Å². The molecule has 1 heterocycles. The molecule has 0 aliphatic carbocycles. The fraction of sp³-hybridized carbons (Fsp3) is 0.600. The molecule has 0 radical (unpaired) electrons. The lowest BCUT2D eigenvalue weighted by molar-refractivity contribution is 0.218. The van der Waals surface area contributed by atoms with Gasteiger partial charge in [0, 0.05) is 0 Å². The standard InChI is InChI=1S/C10H17ClN4O/c1-4-10(3,5-16)15-8-7(12)6(2)13-9(11)14-8/h16H,4-5,12H2,1-3H3,(H,13,14,15). The van der Waals surface area contributed by atoms with E-state index < -0.39 is 5.54 Å². The number of nitrogens with one attached hydrogen (secondary N) is 1. The molecule has 0 saturated heterocycles. The summed E-state index contributed by atoms with van der Waals surface area (Å²) < 4.78 is 0. The number of hydrogen-bond donors (Lipinski definition) is 3. The molecule has 0 saturated carbocycles. The predicted molar refractivity (Wildman–Crippen MR) is 65.6 cm³/mol. The quantitative estimate of drug-likeness (QED) is 0.701. The molecule has 16 heavy (non-hydrogen) atoms. The second kappa shape index (κ2) is 4.84. The molecule has 1 aromatic rings. The smallest absolute Gasteiger partial charge is 0.224 e. The molecule has 0 spiro atoms. The van der Waals surface area contributed by atoms with Crippen molar-refractivity contribution in [3.05, 3.63) is 11.0 Å². The first-order valence-corrected chi connectivity index (χ1v) is 5.48. The highest BCUT2D eigenvalue weighted by atomic mass is 35.5. The van der Waals surface area contributed by atoms with E-state index in [0.717, 1.165) is 6.42 Å². The molecule has 1 unspecified atom stereocenters. The summed E-state index contributed by atoms with van der Waals surface area (Å²) in [5, 5.41) is 12.5. The molecule has 4 N–H and O–H groups in total. The zero-order valence-corrected chi connectivity index (χ0v) is 10.5. The Morgan fingerprint density at radius 2 is 2.12 bits per heavy atom. The van der Waals surface area contributed by atoms with Crippen LogP contribution in [-0.2, 0) is 0 Å². The predicted octanol–water partition coefficient (Wildman–Crippen LogP) is 1.59. The number of nitrogen functional groups attached to an aromatic ring is 1. The Hall–Kier alpha value is -1.07. The van der Waals surface area contributed by atoms with Gasteiger partial charge in [0.25, 0.3) is 0 Å². The average Bonchev–Trinajstić information content (AvgIpc) is 2.25. The van der Waals surface area contributed by atoms with Crippen molar-refractivity contribution in [2.24, 2.45) is 0 Å². The van der Waals surface area contributed by atoms with Crippen molar-refractivity contribution < 1.29 is 5.11 Å². The Morgan fingerprint density at radius 1 is 1.50 bits per heavy atom. The first-order chi connectivity index (χ1) is 7.41. The molecule has 5 nitrogen and oxygen atoms in total. The maximum Gasteiger partial charge on any atom is 0.224 e. The Bertz CT molecular complexity index is 379. The molecule has 1 aromatic heterocycles. The Kier molecular flexibility index (Phi) is 3.93. The van der Waals surface area contributed by atoms with Crippen molar-refractivity contribution in [2.45, 2.75) is 32.7 Å². The van der Waals surface area contributed by atoms with Crippen LogP contribution in [0.3, 0.4) is 0 Å². The fourth-order valence-electron chi connectivity index (χ4n) is 1.17. The summed E-state index contributed by atoms with van der Waals surface area (Å²) in [5.41, 5.74) is 6.46. The minimum absolute atomic E-state index is 0.0103. The summed E-state index contributed by atoms with van der Waals surface area (Å²) >= 11 is 5.76. The van der Waals surface area contributed by atoms with Gasteiger partial charge < -0.3 is 16.2 Å². The zero-order valence-electron chi connectivity index (χ0n) is 9.71. The number of anilines is 2. The van der Waals surface area contributed by atoms with Gasteiger partial charge in [0.05, 0.1) is 23.5 Å². The monoisotopic (exact) mass is 244 g/mol. The average molecular weight is 245 g/mol. The topological polar surface area (TPSA) is 84.1 Å². The highest BCUT2D eigenvalue weighted by Crippen LogP contribution is 2.25. The number of halogens is 1. The van der Waals surface area contributed by atoms with Crippen LogP contribution < -0.4 is 11.1 Å². The third kappa shape index (κ3) is 2.74. The van der Waals surface area contributed by atoms with E-state index in [1.807, 2.05) is 13.8 Å². The molecule has 0 fully saturated rings. The van der Waals surface area contributed by atoms with E-state index in [0.29, 0.717) is 17.2 Å². The third-order valence-electron chi connectivity index (χ3n) is 2.66. The minimum Gasteiger partial charge on any atom is -0.394 e. The highest BCUT2D eigenvalue weighted by molar-refractivity contribution is 6.28.